The molecule has 0 saturated carbocycles. The van der Waals surface area contributed by atoms with Crippen molar-refractivity contribution in [2.75, 3.05) is 45.5 Å². The molecule has 3 amide bonds. The molecule has 282 valence electrons. The molecule has 1 spiro atoms. The van der Waals surface area contributed by atoms with Crippen LogP contribution in [0.2, 0.25) is 0 Å². The average Bonchev–Trinajstić information content (AvgIpc) is 3.93. The van der Waals surface area contributed by atoms with Crippen LogP contribution in [0.25, 0.3) is 11.3 Å². The molecule has 3 atom stereocenters. The highest BCUT2D eigenvalue weighted by Crippen LogP contribution is 2.36. The second-order valence-electron chi connectivity index (χ2n) is 15.7. The van der Waals surface area contributed by atoms with E-state index in [0.29, 0.717) is 64.2 Å². The number of aromatic hydroxyl groups is 1. The molecule has 53 heavy (non-hydrogen) atoms. The van der Waals surface area contributed by atoms with E-state index in [1.165, 1.54) is 6.26 Å². The first kappa shape index (κ1) is 35.7. The van der Waals surface area contributed by atoms with E-state index in [4.69, 9.17) is 0 Å². The van der Waals surface area contributed by atoms with Gasteiger partial charge in [-0.3, -0.25) is 24.2 Å². The maximum absolute atomic E-state index is 14.6. The number of rotatable bonds is 5. The molecular weight excluding hydrogens is 697 g/mol. The number of nitrogens with zero attached hydrogens (tertiary/aromatic N) is 7. The van der Waals surface area contributed by atoms with Gasteiger partial charge in [0.1, 0.15) is 17.5 Å². The monoisotopic (exact) mass is 744 g/mol. The van der Waals surface area contributed by atoms with E-state index >= 15 is 0 Å². The molecule has 6 saturated heterocycles. The number of hydrogen-bond donors (Lipinski definition) is 2. The third-order valence-corrected chi connectivity index (χ3v) is 13.3. The lowest BCUT2D eigenvalue weighted by atomic mass is 9.83. The Morgan fingerprint density at radius 3 is 2.40 bits per heavy atom. The fraction of sp³-hybridized carbons (Fsp3) is 0.553. The van der Waals surface area contributed by atoms with E-state index in [1.807, 2.05) is 29.3 Å². The van der Waals surface area contributed by atoms with Gasteiger partial charge < -0.3 is 20.2 Å². The van der Waals surface area contributed by atoms with E-state index in [9.17, 15) is 27.9 Å². The van der Waals surface area contributed by atoms with Gasteiger partial charge >= 0.3 is 0 Å². The lowest BCUT2D eigenvalue weighted by Gasteiger charge is -2.45. The smallest absolute Gasteiger partial charge is 0.245 e. The van der Waals surface area contributed by atoms with E-state index in [2.05, 4.69) is 25.4 Å². The minimum atomic E-state index is -3.29. The van der Waals surface area contributed by atoms with E-state index in [0.717, 1.165) is 43.4 Å². The van der Waals surface area contributed by atoms with Crippen LogP contribution >= 0.6 is 0 Å². The highest BCUT2D eigenvalue weighted by molar-refractivity contribution is 7.90. The number of phenolic OH excluding ortho intramolecular Hbond substituents is 1. The molecule has 7 heterocycles. The van der Waals surface area contributed by atoms with Crippen molar-refractivity contribution in [3.8, 4) is 17.0 Å². The standard InChI is InChI=1S/C38H48N8O6S/c1-53(51,52)31-9-7-26(8-10-31)23-42-18-13-38(14-19-42)22-35(48)45-24-29(46-25-32(40-41-46)27-4-2-5-30(47)20-27)21-34(45)37(50)43-16-11-28(12-17-43)44-15-3-6-33(44)36(49)39-38/h2,4-5,7-10,20,25,28-29,33-34,47H,3,6,11-19,21-24H2,1H3,(H,39,49)/t29-,33-,34-/m0/s1. The quantitative estimate of drug-likeness (QED) is 0.397. The number of piperidine rings is 2. The summed E-state index contributed by atoms with van der Waals surface area (Å²) in [7, 11) is -3.29. The number of amides is 3. The van der Waals surface area contributed by atoms with Crippen molar-refractivity contribution in [1.82, 2.24) is 39.9 Å². The van der Waals surface area contributed by atoms with Gasteiger partial charge in [-0.05, 0) is 74.9 Å². The number of phenols is 1. The number of nitrogens with one attached hydrogen (secondary N) is 1. The Hall–Kier alpha value is -4.34. The highest BCUT2D eigenvalue weighted by Gasteiger charge is 2.48. The van der Waals surface area contributed by atoms with Crippen molar-refractivity contribution in [3.05, 3.63) is 60.3 Å². The molecule has 2 aromatic carbocycles. The third kappa shape index (κ3) is 7.30. The molecule has 2 bridgehead atoms. The Bertz CT molecular complexity index is 1970. The summed E-state index contributed by atoms with van der Waals surface area (Å²) in [5, 5.41) is 22.2. The van der Waals surface area contributed by atoms with E-state index in [-0.39, 0.29) is 52.9 Å². The lowest BCUT2D eigenvalue weighted by Crippen LogP contribution is -2.62. The third-order valence-electron chi connectivity index (χ3n) is 12.2. The summed E-state index contributed by atoms with van der Waals surface area (Å²) in [5.74, 6) is -0.0609. The predicted octanol–water partition coefficient (Wildman–Crippen LogP) is 2.21. The Kier molecular flexibility index (Phi) is 9.52. The summed E-state index contributed by atoms with van der Waals surface area (Å²) in [6, 6.07) is 12.8. The van der Waals surface area contributed by atoms with Crippen LogP contribution in [0.3, 0.4) is 0 Å². The fourth-order valence-electron chi connectivity index (χ4n) is 9.23. The molecule has 6 fully saturated rings. The van der Waals surface area contributed by atoms with Gasteiger partial charge in [-0.2, -0.15) is 0 Å². The Balaban J connectivity index is 1.05. The second kappa shape index (κ2) is 14.1. The maximum Gasteiger partial charge on any atom is 0.245 e. The van der Waals surface area contributed by atoms with Crippen molar-refractivity contribution >= 4 is 27.6 Å². The summed E-state index contributed by atoms with van der Waals surface area (Å²) < 4.78 is 25.7. The van der Waals surface area contributed by atoms with Crippen molar-refractivity contribution < 1.29 is 27.9 Å². The summed E-state index contributed by atoms with van der Waals surface area (Å²) in [6.45, 7) is 4.27. The number of likely N-dealkylation sites (tertiary alicyclic amines) is 1. The van der Waals surface area contributed by atoms with Crippen LogP contribution in [0, 0.1) is 0 Å². The second-order valence-corrected chi connectivity index (χ2v) is 17.7. The molecule has 0 unspecified atom stereocenters. The van der Waals surface area contributed by atoms with Crippen molar-refractivity contribution in [2.45, 2.75) is 92.5 Å². The van der Waals surface area contributed by atoms with Crippen LogP contribution in [0.4, 0.5) is 0 Å². The topological polar surface area (TPSA) is 161 Å². The van der Waals surface area contributed by atoms with Gasteiger partial charge in [0.15, 0.2) is 9.84 Å². The predicted molar refractivity (Wildman–Crippen MR) is 195 cm³/mol. The fourth-order valence-corrected chi connectivity index (χ4v) is 9.86. The molecule has 3 aromatic rings. The van der Waals surface area contributed by atoms with Crippen LogP contribution in [-0.2, 0) is 30.8 Å². The number of benzene rings is 2. The number of carbonyl (C=O) groups excluding carboxylic acids is 3. The molecule has 2 N–H and O–H groups in total. The Morgan fingerprint density at radius 1 is 0.925 bits per heavy atom. The zero-order chi connectivity index (χ0) is 36.9. The van der Waals surface area contributed by atoms with Crippen LogP contribution in [0.1, 0.15) is 63.0 Å². The molecular formula is C38H48N8O6S. The summed E-state index contributed by atoms with van der Waals surface area (Å²) >= 11 is 0. The SMILES string of the molecule is CS(=O)(=O)c1ccc(CN2CCC3(CC2)CC(=O)N2C[C@@H](n4cc(-c5cccc(O)c5)nn4)C[C@H]2C(=O)N2CCC(CC2)N2CCC[C@H]2C(=O)N3)cc1. The zero-order valence-electron chi connectivity index (χ0n) is 30.1. The lowest BCUT2D eigenvalue weighted by molar-refractivity contribution is -0.147. The van der Waals surface area contributed by atoms with Gasteiger partial charge in [-0.15, -0.1) is 5.10 Å². The maximum atomic E-state index is 14.6. The summed E-state index contributed by atoms with van der Waals surface area (Å²) in [6.07, 6.45) is 7.96. The van der Waals surface area contributed by atoms with E-state index in [1.54, 1.807) is 39.9 Å². The molecule has 1 aromatic heterocycles. The van der Waals surface area contributed by atoms with Crippen molar-refractivity contribution in [2.24, 2.45) is 0 Å². The number of fused-ring (bicyclic) bond motifs is 4. The van der Waals surface area contributed by atoms with Gasteiger partial charge in [0.05, 0.1) is 35.1 Å². The molecule has 15 heteroatoms. The average molecular weight is 745 g/mol. The molecule has 6 aliphatic heterocycles. The minimum absolute atomic E-state index is 0.00591. The van der Waals surface area contributed by atoms with Crippen LogP contribution in [-0.4, -0.2) is 135 Å². The molecule has 0 radical (unpaired) electrons. The van der Waals surface area contributed by atoms with Gasteiger partial charge in [0, 0.05) is 63.6 Å². The zero-order valence-corrected chi connectivity index (χ0v) is 31.0. The van der Waals surface area contributed by atoms with Gasteiger partial charge in [-0.25, -0.2) is 13.1 Å². The van der Waals surface area contributed by atoms with Crippen LogP contribution in [0.15, 0.2) is 59.6 Å². The first-order valence-corrected chi connectivity index (χ1v) is 20.7. The molecule has 14 nitrogen and oxygen atoms in total. The van der Waals surface area contributed by atoms with Crippen molar-refractivity contribution in [1.29, 1.82) is 0 Å². The largest absolute Gasteiger partial charge is 0.508 e. The Morgan fingerprint density at radius 2 is 1.68 bits per heavy atom. The van der Waals surface area contributed by atoms with Crippen molar-refractivity contribution in [3.63, 3.8) is 0 Å². The number of hydrogen-bond acceptors (Lipinski definition) is 10. The number of aromatic nitrogens is 3. The summed E-state index contributed by atoms with van der Waals surface area (Å²) in [5.41, 5.74) is 1.54. The molecule has 9 rings (SSSR count). The van der Waals surface area contributed by atoms with E-state index < -0.39 is 21.4 Å². The molecule has 0 aliphatic carbocycles. The Labute approximate surface area is 310 Å². The van der Waals surface area contributed by atoms with Gasteiger partial charge in [-0.1, -0.05) is 29.5 Å². The first-order chi connectivity index (χ1) is 25.4. The molecule has 6 aliphatic rings. The van der Waals surface area contributed by atoms with Gasteiger partial charge in [0.2, 0.25) is 17.7 Å². The highest BCUT2D eigenvalue weighted by atomic mass is 32.2. The summed E-state index contributed by atoms with van der Waals surface area (Å²) in [4.78, 5) is 51.7. The first-order valence-electron chi connectivity index (χ1n) is 18.8. The number of sulfone groups is 1. The normalized spacial score (nSPS) is 26.1. The minimum Gasteiger partial charge on any atom is -0.508 e. The van der Waals surface area contributed by atoms with Gasteiger partial charge in [0.25, 0.3) is 0 Å². The number of carbonyl (C=O) groups is 3. The van der Waals surface area contributed by atoms with Crippen LogP contribution < -0.4 is 5.32 Å². The van der Waals surface area contributed by atoms with Crippen LogP contribution in [0.5, 0.6) is 5.75 Å².